The monoisotopic (exact) mass is 401 g/mol. The fourth-order valence-electron chi connectivity index (χ4n) is 2.68. The van der Waals surface area contributed by atoms with Gasteiger partial charge in [0.25, 0.3) is 5.56 Å². The SMILES string of the molecule is CCCn1c(S[C@H](C)C(=O)Nc2cccc(Cl)c2)nc2ccccc2c1=O. The maximum atomic E-state index is 12.8. The van der Waals surface area contributed by atoms with Gasteiger partial charge >= 0.3 is 0 Å². The Bertz CT molecular complexity index is 1040. The third-order valence-electron chi connectivity index (χ3n) is 4.02. The lowest BCUT2D eigenvalue weighted by Crippen LogP contribution is -2.27. The Morgan fingerprint density at radius 2 is 2.04 bits per heavy atom. The van der Waals surface area contributed by atoms with Crippen LogP contribution in [0.25, 0.3) is 10.9 Å². The lowest BCUT2D eigenvalue weighted by atomic mass is 10.2. The third kappa shape index (κ3) is 4.51. The highest BCUT2D eigenvalue weighted by Crippen LogP contribution is 2.24. The zero-order valence-electron chi connectivity index (χ0n) is 15.1. The van der Waals surface area contributed by atoms with Gasteiger partial charge in [0.05, 0.1) is 16.2 Å². The van der Waals surface area contributed by atoms with E-state index in [1.165, 1.54) is 11.8 Å². The Labute approximate surface area is 166 Å². The number of carbonyl (C=O) groups excluding carboxylic acids is 1. The van der Waals surface area contributed by atoms with Crippen LogP contribution in [0, 0.1) is 0 Å². The Hall–Kier alpha value is -2.31. The van der Waals surface area contributed by atoms with Crippen molar-refractivity contribution in [3.8, 4) is 0 Å². The van der Waals surface area contributed by atoms with Crippen molar-refractivity contribution in [3.05, 3.63) is 63.9 Å². The Morgan fingerprint density at radius 1 is 1.26 bits per heavy atom. The molecule has 0 aliphatic heterocycles. The summed E-state index contributed by atoms with van der Waals surface area (Å²) in [6.45, 7) is 4.36. The fourth-order valence-corrected chi connectivity index (χ4v) is 3.81. The number of halogens is 1. The second-order valence-corrected chi connectivity index (χ2v) is 7.87. The minimum absolute atomic E-state index is 0.0765. The molecule has 0 unspecified atom stereocenters. The van der Waals surface area contributed by atoms with E-state index in [4.69, 9.17) is 11.6 Å². The molecular weight excluding hydrogens is 382 g/mol. The molecule has 0 saturated carbocycles. The number of hydrogen-bond acceptors (Lipinski definition) is 4. The van der Waals surface area contributed by atoms with Crippen molar-refractivity contribution in [2.24, 2.45) is 0 Å². The summed E-state index contributed by atoms with van der Waals surface area (Å²) in [7, 11) is 0. The lowest BCUT2D eigenvalue weighted by Gasteiger charge is -2.16. The minimum atomic E-state index is -0.430. The van der Waals surface area contributed by atoms with Crippen LogP contribution in [0.4, 0.5) is 5.69 Å². The van der Waals surface area contributed by atoms with E-state index in [1.807, 2.05) is 25.1 Å². The molecule has 3 aromatic rings. The van der Waals surface area contributed by atoms with E-state index in [1.54, 1.807) is 41.8 Å². The highest BCUT2D eigenvalue weighted by atomic mass is 35.5. The molecule has 0 bridgehead atoms. The fraction of sp³-hybridized carbons (Fsp3) is 0.250. The molecule has 1 heterocycles. The van der Waals surface area contributed by atoms with Crippen LogP contribution in [-0.2, 0) is 11.3 Å². The van der Waals surface area contributed by atoms with Crippen LogP contribution >= 0.6 is 23.4 Å². The molecule has 0 radical (unpaired) electrons. The predicted molar refractivity (Wildman–Crippen MR) is 112 cm³/mol. The van der Waals surface area contributed by atoms with Crippen molar-refractivity contribution >= 4 is 45.9 Å². The van der Waals surface area contributed by atoms with Crippen molar-refractivity contribution in [2.75, 3.05) is 5.32 Å². The van der Waals surface area contributed by atoms with Gasteiger partial charge in [-0.25, -0.2) is 4.98 Å². The average Bonchev–Trinajstić information content (AvgIpc) is 2.65. The van der Waals surface area contributed by atoms with Gasteiger partial charge in [-0.05, 0) is 43.7 Å². The molecule has 140 valence electrons. The molecule has 27 heavy (non-hydrogen) atoms. The maximum absolute atomic E-state index is 12.8. The first-order valence-electron chi connectivity index (χ1n) is 8.72. The molecular formula is C20H20ClN3O2S. The van der Waals surface area contributed by atoms with E-state index < -0.39 is 5.25 Å². The molecule has 1 aromatic heterocycles. The average molecular weight is 402 g/mol. The Balaban J connectivity index is 1.87. The topological polar surface area (TPSA) is 64.0 Å². The molecule has 3 rings (SSSR count). The molecule has 1 amide bonds. The van der Waals surface area contributed by atoms with Gasteiger partial charge in [-0.1, -0.05) is 48.5 Å². The quantitative estimate of drug-likeness (QED) is 0.485. The van der Waals surface area contributed by atoms with Crippen LogP contribution in [0.1, 0.15) is 20.3 Å². The van der Waals surface area contributed by atoms with Gasteiger partial charge in [0, 0.05) is 17.3 Å². The second kappa shape index (κ2) is 8.59. The number of hydrogen-bond donors (Lipinski definition) is 1. The van der Waals surface area contributed by atoms with Crippen LogP contribution in [-0.4, -0.2) is 20.7 Å². The van der Waals surface area contributed by atoms with Crippen molar-refractivity contribution < 1.29 is 4.79 Å². The molecule has 0 aliphatic carbocycles. The summed E-state index contributed by atoms with van der Waals surface area (Å²) in [5.74, 6) is -0.173. The van der Waals surface area contributed by atoms with Crippen LogP contribution in [0.3, 0.4) is 0 Å². The number of para-hydroxylation sites is 1. The second-order valence-electron chi connectivity index (χ2n) is 6.13. The summed E-state index contributed by atoms with van der Waals surface area (Å²) in [6.07, 6.45) is 0.802. The number of thioether (sulfide) groups is 1. The molecule has 1 atom stereocenters. The number of amides is 1. The number of fused-ring (bicyclic) bond motifs is 1. The number of nitrogens with zero attached hydrogens (tertiary/aromatic N) is 2. The largest absolute Gasteiger partial charge is 0.325 e. The highest BCUT2D eigenvalue weighted by Gasteiger charge is 2.19. The lowest BCUT2D eigenvalue weighted by molar-refractivity contribution is -0.115. The standard InChI is InChI=1S/C20H20ClN3O2S/c1-3-11-24-19(26)16-9-4-5-10-17(16)23-20(24)27-13(2)18(25)22-15-8-6-7-14(21)12-15/h4-10,12-13H,3,11H2,1-2H3,(H,22,25)/t13-/m1/s1. The predicted octanol–water partition coefficient (Wildman–Crippen LogP) is 4.58. The number of rotatable bonds is 6. The number of benzene rings is 2. The van der Waals surface area contributed by atoms with E-state index in [0.29, 0.717) is 33.3 Å². The summed E-state index contributed by atoms with van der Waals surface area (Å²) in [4.78, 5) is 30.0. The van der Waals surface area contributed by atoms with Crippen molar-refractivity contribution in [2.45, 2.75) is 37.2 Å². The molecule has 0 fully saturated rings. The number of nitrogens with one attached hydrogen (secondary N) is 1. The molecule has 0 spiro atoms. The Kier molecular flexibility index (Phi) is 6.19. The zero-order valence-corrected chi connectivity index (χ0v) is 16.7. The molecule has 1 N–H and O–H groups in total. The normalized spacial score (nSPS) is 12.1. The third-order valence-corrected chi connectivity index (χ3v) is 5.34. The van der Waals surface area contributed by atoms with Gasteiger partial charge in [0.15, 0.2) is 5.16 Å². The van der Waals surface area contributed by atoms with Crippen LogP contribution < -0.4 is 10.9 Å². The first-order valence-corrected chi connectivity index (χ1v) is 9.98. The summed E-state index contributed by atoms with van der Waals surface area (Å²) < 4.78 is 1.65. The zero-order chi connectivity index (χ0) is 19.4. The van der Waals surface area contributed by atoms with E-state index >= 15 is 0 Å². The molecule has 2 aromatic carbocycles. The van der Waals surface area contributed by atoms with Gasteiger partial charge in [-0.3, -0.25) is 14.2 Å². The van der Waals surface area contributed by atoms with Gasteiger partial charge in [-0.15, -0.1) is 0 Å². The van der Waals surface area contributed by atoms with Crippen LogP contribution in [0.2, 0.25) is 5.02 Å². The number of anilines is 1. The van der Waals surface area contributed by atoms with Gasteiger partial charge in [-0.2, -0.15) is 0 Å². The van der Waals surface area contributed by atoms with Crippen LogP contribution in [0.15, 0.2) is 58.5 Å². The summed E-state index contributed by atoms with van der Waals surface area (Å²) in [5.41, 5.74) is 1.20. The Morgan fingerprint density at radius 3 is 2.78 bits per heavy atom. The van der Waals surface area contributed by atoms with Crippen LogP contribution in [0.5, 0.6) is 0 Å². The number of carbonyl (C=O) groups is 1. The first-order chi connectivity index (χ1) is 13.0. The van der Waals surface area contributed by atoms with Gasteiger partial charge < -0.3 is 5.32 Å². The molecule has 0 aliphatic rings. The smallest absolute Gasteiger partial charge is 0.262 e. The van der Waals surface area contributed by atoms with Gasteiger partial charge in [0.2, 0.25) is 5.91 Å². The highest BCUT2D eigenvalue weighted by molar-refractivity contribution is 8.00. The summed E-state index contributed by atoms with van der Waals surface area (Å²) in [5, 5.41) is 4.11. The minimum Gasteiger partial charge on any atom is -0.325 e. The van der Waals surface area contributed by atoms with E-state index in [2.05, 4.69) is 10.3 Å². The maximum Gasteiger partial charge on any atom is 0.262 e. The molecule has 0 saturated heterocycles. The summed E-state index contributed by atoms with van der Waals surface area (Å²) >= 11 is 7.24. The first kappa shape index (κ1) is 19.5. The van der Waals surface area contributed by atoms with Gasteiger partial charge in [0.1, 0.15) is 0 Å². The van der Waals surface area contributed by atoms with E-state index in [0.717, 1.165) is 6.42 Å². The van der Waals surface area contributed by atoms with Crippen molar-refractivity contribution in [1.29, 1.82) is 0 Å². The summed E-state index contributed by atoms with van der Waals surface area (Å²) in [6, 6.07) is 14.3. The molecule has 5 nitrogen and oxygen atoms in total. The molecule has 7 heteroatoms. The van der Waals surface area contributed by atoms with E-state index in [9.17, 15) is 9.59 Å². The van der Waals surface area contributed by atoms with Crippen molar-refractivity contribution in [1.82, 2.24) is 9.55 Å². The van der Waals surface area contributed by atoms with E-state index in [-0.39, 0.29) is 11.5 Å². The number of aromatic nitrogens is 2. The van der Waals surface area contributed by atoms with Crippen molar-refractivity contribution in [3.63, 3.8) is 0 Å².